The Morgan fingerprint density at radius 3 is 2.25 bits per heavy atom. The number of rotatable bonds is 4. The molecule has 1 heterocycles. The third kappa shape index (κ3) is 3.25. The van der Waals surface area contributed by atoms with Crippen LogP contribution in [0.5, 0.6) is 0 Å². The predicted molar refractivity (Wildman–Crippen MR) is 110 cm³/mol. The topological polar surface area (TPSA) is 71.3 Å². The van der Waals surface area contributed by atoms with Crippen molar-refractivity contribution in [3.63, 3.8) is 0 Å². The normalized spacial score (nSPS) is 10.6. The van der Waals surface area contributed by atoms with Crippen molar-refractivity contribution in [1.29, 1.82) is 0 Å². The van der Waals surface area contributed by atoms with Gasteiger partial charge in [-0.1, -0.05) is 54.6 Å². The van der Waals surface area contributed by atoms with Gasteiger partial charge in [0, 0.05) is 11.1 Å². The standard InChI is InChI=1S/C23H18N2O3/c1-15-20(26)18-13-8-14-19(23(27)25-24-17-11-6-3-7-12-17)22(18)28-21(15)16-9-4-2-5-10-16/h2-14,24H,1H3,(H,25,27). The molecular weight excluding hydrogens is 352 g/mol. The van der Waals surface area contributed by atoms with E-state index in [1.165, 1.54) is 0 Å². The SMILES string of the molecule is Cc1c(-c2ccccc2)oc2c(C(=O)NNc3ccccc3)cccc2c1=O. The van der Waals surface area contributed by atoms with Gasteiger partial charge in [-0.25, -0.2) is 0 Å². The summed E-state index contributed by atoms with van der Waals surface area (Å²) < 4.78 is 6.08. The first-order valence-electron chi connectivity index (χ1n) is 8.88. The molecule has 0 radical (unpaired) electrons. The maximum Gasteiger partial charge on any atom is 0.273 e. The van der Waals surface area contributed by atoms with E-state index in [1.807, 2.05) is 60.7 Å². The number of benzene rings is 3. The van der Waals surface area contributed by atoms with E-state index in [-0.39, 0.29) is 22.5 Å². The largest absolute Gasteiger partial charge is 0.455 e. The lowest BCUT2D eigenvalue weighted by molar-refractivity contribution is 0.0963. The molecule has 138 valence electrons. The quantitative estimate of drug-likeness (QED) is 0.518. The van der Waals surface area contributed by atoms with Gasteiger partial charge in [-0.2, -0.15) is 0 Å². The van der Waals surface area contributed by atoms with E-state index < -0.39 is 0 Å². The number of anilines is 1. The Labute approximate surface area is 161 Å². The second-order valence-electron chi connectivity index (χ2n) is 6.38. The summed E-state index contributed by atoms with van der Waals surface area (Å²) in [5.41, 5.74) is 7.97. The molecule has 0 saturated heterocycles. The van der Waals surface area contributed by atoms with Crippen molar-refractivity contribution in [3.8, 4) is 11.3 Å². The van der Waals surface area contributed by atoms with Crippen molar-refractivity contribution in [1.82, 2.24) is 5.43 Å². The zero-order valence-corrected chi connectivity index (χ0v) is 15.2. The number of hydrazine groups is 1. The summed E-state index contributed by atoms with van der Waals surface area (Å²) in [5.74, 6) is 0.0786. The Bertz CT molecular complexity index is 1200. The smallest absolute Gasteiger partial charge is 0.273 e. The lowest BCUT2D eigenvalue weighted by atomic mass is 10.0. The molecule has 1 amide bonds. The Kier molecular flexibility index (Phi) is 4.64. The van der Waals surface area contributed by atoms with Crippen LogP contribution in [-0.4, -0.2) is 5.91 Å². The number of hydrogen-bond donors (Lipinski definition) is 2. The van der Waals surface area contributed by atoms with E-state index in [4.69, 9.17) is 4.42 Å². The monoisotopic (exact) mass is 370 g/mol. The highest BCUT2D eigenvalue weighted by atomic mass is 16.3. The molecule has 3 aromatic carbocycles. The first-order chi connectivity index (χ1) is 13.6. The molecule has 0 aliphatic rings. The number of amides is 1. The molecule has 1 aromatic heterocycles. The molecule has 4 rings (SSSR count). The number of carbonyl (C=O) groups is 1. The van der Waals surface area contributed by atoms with Gasteiger partial charge in [0.25, 0.3) is 5.91 Å². The summed E-state index contributed by atoms with van der Waals surface area (Å²) in [6.45, 7) is 1.73. The highest BCUT2D eigenvalue weighted by Crippen LogP contribution is 2.27. The lowest BCUT2D eigenvalue weighted by Crippen LogP contribution is -2.29. The third-order valence-electron chi connectivity index (χ3n) is 4.52. The minimum Gasteiger partial charge on any atom is -0.455 e. The van der Waals surface area contributed by atoms with E-state index in [9.17, 15) is 9.59 Å². The molecule has 0 aliphatic heterocycles. The fraction of sp³-hybridized carbons (Fsp3) is 0.0435. The van der Waals surface area contributed by atoms with Crippen LogP contribution in [-0.2, 0) is 0 Å². The number of carbonyl (C=O) groups excluding carboxylic acids is 1. The second-order valence-corrected chi connectivity index (χ2v) is 6.38. The Balaban J connectivity index is 1.78. The summed E-state index contributed by atoms with van der Waals surface area (Å²) in [6, 6.07) is 23.7. The van der Waals surface area contributed by atoms with Crippen molar-refractivity contribution in [2.45, 2.75) is 6.92 Å². The average Bonchev–Trinajstić information content (AvgIpc) is 2.75. The summed E-state index contributed by atoms with van der Waals surface area (Å²) in [7, 11) is 0. The Hall–Kier alpha value is -3.86. The molecule has 5 heteroatoms. The van der Waals surface area contributed by atoms with Gasteiger partial charge < -0.3 is 4.42 Å². The third-order valence-corrected chi connectivity index (χ3v) is 4.52. The number of fused-ring (bicyclic) bond motifs is 1. The van der Waals surface area contributed by atoms with Crippen LogP contribution < -0.4 is 16.3 Å². The first kappa shape index (κ1) is 17.5. The predicted octanol–water partition coefficient (Wildman–Crippen LogP) is 4.53. The molecule has 0 atom stereocenters. The lowest BCUT2D eigenvalue weighted by Gasteiger charge is -2.12. The van der Waals surface area contributed by atoms with Gasteiger partial charge in [-0.3, -0.25) is 20.4 Å². The summed E-state index contributed by atoms with van der Waals surface area (Å²) in [6.07, 6.45) is 0. The van der Waals surface area contributed by atoms with Gasteiger partial charge in [0.2, 0.25) is 0 Å². The molecular formula is C23H18N2O3. The van der Waals surface area contributed by atoms with Crippen LogP contribution in [0.4, 0.5) is 5.69 Å². The molecule has 0 bridgehead atoms. The van der Waals surface area contributed by atoms with E-state index >= 15 is 0 Å². The molecule has 0 fully saturated rings. The van der Waals surface area contributed by atoms with Crippen LogP contribution in [0, 0.1) is 6.92 Å². The van der Waals surface area contributed by atoms with E-state index in [2.05, 4.69) is 10.9 Å². The van der Waals surface area contributed by atoms with Crippen LogP contribution in [0.15, 0.2) is 88.1 Å². The van der Waals surface area contributed by atoms with Crippen molar-refractivity contribution >= 4 is 22.6 Å². The Morgan fingerprint density at radius 2 is 1.54 bits per heavy atom. The van der Waals surface area contributed by atoms with Gasteiger partial charge in [0.1, 0.15) is 5.76 Å². The van der Waals surface area contributed by atoms with Crippen LogP contribution in [0.25, 0.3) is 22.3 Å². The van der Waals surface area contributed by atoms with E-state index in [0.717, 1.165) is 11.3 Å². The number of hydrogen-bond acceptors (Lipinski definition) is 4. The molecule has 0 spiro atoms. The summed E-state index contributed by atoms with van der Waals surface area (Å²) >= 11 is 0. The van der Waals surface area contributed by atoms with Gasteiger partial charge in [0.05, 0.1) is 16.6 Å². The van der Waals surface area contributed by atoms with Crippen LogP contribution in [0.3, 0.4) is 0 Å². The van der Waals surface area contributed by atoms with Crippen molar-refractivity contribution < 1.29 is 9.21 Å². The fourth-order valence-electron chi connectivity index (χ4n) is 3.07. The highest BCUT2D eigenvalue weighted by molar-refractivity contribution is 6.05. The van der Waals surface area contributed by atoms with Gasteiger partial charge in [-0.15, -0.1) is 0 Å². The average molecular weight is 370 g/mol. The zero-order chi connectivity index (χ0) is 19.5. The van der Waals surface area contributed by atoms with Crippen molar-refractivity contribution in [2.75, 3.05) is 5.43 Å². The molecule has 4 aromatic rings. The summed E-state index contributed by atoms with van der Waals surface area (Å²) in [5, 5.41) is 0.379. The van der Waals surface area contributed by atoms with Crippen molar-refractivity contribution in [3.05, 3.63) is 100 Å². The maximum absolute atomic E-state index is 12.9. The second kappa shape index (κ2) is 7.40. The van der Waals surface area contributed by atoms with E-state index in [1.54, 1.807) is 25.1 Å². The molecule has 2 N–H and O–H groups in total. The van der Waals surface area contributed by atoms with Gasteiger partial charge >= 0.3 is 0 Å². The Morgan fingerprint density at radius 1 is 0.857 bits per heavy atom. The molecule has 0 saturated carbocycles. The summed E-state index contributed by atoms with van der Waals surface area (Å²) in [4.78, 5) is 25.6. The van der Waals surface area contributed by atoms with E-state index in [0.29, 0.717) is 16.7 Å². The first-order valence-corrected chi connectivity index (χ1v) is 8.88. The zero-order valence-electron chi connectivity index (χ0n) is 15.2. The number of para-hydroxylation sites is 2. The molecule has 0 unspecified atom stereocenters. The van der Waals surface area contributed by atoms with Gasteiger partial charge in [0.15, 0.2) is 11.0 Å². The minimum absolute atomic E-state index is 0.147. The maximum atomic E-state index is 12.9. The van der Waals surface area contributed by atoms with Gasteiger partial charge in [-0.05, 0) is 31.2 Å². The molecule has 5 nitrogen and oxygen atoms in total. The highest BCUT2D eigenvalue weighted by Gasteiger charge is 2.18. The minimum atomic E-state index is -0.388. The van der Waals surface area contributed by atoms with Crippen LogP contribution in [0.2, 0.25) is 0 Å². The van der Waals surface area contributed by atoms with Crippen LogP contribution in [0.1, 0.15) is 15.9 Å². The molecule has 0 aliphatic carbocycles. The molecule has 28 heavy (non-hydrogen) atoms. The van der Waals surface area contributed by atoms with Crippen molar-refractivity contribution in [2.24, 2.45) is 0 Å². The fourth-order valence-corrected chi connectivity index (χ4v) is 3.07. The number of nitrogens with one attached hydrogen (secondary N) is 2. The van der Waals surface area contributed by atoms with Crippen LogP contribution >= 0.6 is 0 Å².